The van der Waals surface area contributed by atoms with Crippen LogP contribution in [0.2, 0.25) is 0 Å². The van der Waals surface area contributed by atoms with Crippen LogP contribution in [0, 0.1) is 0 Å². The van der Waals surface area contributed by atoms with E-state index in [4.69, 9.17) is 4.42 Å². The number of furan rings is 1. The molecule has 0 bridgehead atoms. The summed E-state index contributed by atoms with van der Waals surface area (Å²) in [6.45, 7) is 4.87. The van der Waals surface area contributed by atoms with E-state index in [-0.39, 0.29) is 5.91 Å². The summed E-state index contributed by atoms with van der Waals surface area (Å²) in [5, 5.41) is 3.99. The summed E-state index contributed by atoms with van der Waals surface area (Å²) in [7, 11) is 0. The van der Waals surface area contributed by atoms with Crippen molar-refractivity contribution in [1.29, 1.82) is 0 Å². The predicted octanol–water partition coefficient (Wildman–Crippen LogP) is 4.42. The molecule has 3 aromatic rings. The Balaban J connectivity index is 1.70. The van der Waals surface area contributed by atoms with Gasteiger partial charge >= 0.3 is 0 Å². The van der Waals surface area contributed by atoms with Gasteiger partial charge in [-0.1, -0.05) is 50.2 Å². The number of carbonyl (C=O) groups excluding carboxylic acids is 1. The standard InChI is InChI=1S/C20H21NO2/c1-14(2)16-8-9-19-18(10-16)17(13-23-19)11-20(22)21-12-15-6-4-3-5-7-15/h3-10,13-14H,11-12H2,1-2H3,(H,21,22). The molecule has 0 fully saturated rings. The van der Waals surface area contributed by atoms with Gasteiger partial charge < -0.3 is 9.73 Å². The van der Waals surface area contributed by atoms with Gasteiger partial charge in [0, 0.05) is 17.5 Å². The predicted molar refractivity (Wildman–Crippen MR) is 92.3 cm³/mol. The molecule has 118 valence electrons. The number of amides is 1. The fourth-order valence-corrected chi connectivity index (χ4v) is 2.63. The molecule has 0 radical (unpaired) electrons. The van der Waals surface area contributed by atoms with Crippen LogP contribution in [0.5, 0.6) is 0 Å². The monoisotopic (exact) mass is 307 g/mol. The van der Waals surface area contributed by atoms with Gasteiger partial charge in [0.2, 0.25) is 5.91 Å². The second kappa shape index (κ2) is 6.69. The first-order chi connectivity index (χ1) is 11.1. The van der Waals surface area contributed by atoms with Crippen molar-refractivity contribution in [3.05, 3.63) is 71.5 Å². The molecular weight excluding hydrogens is 286 g/mol. The van der Waals surface area contributed by atoms with Crippen LogP contribution < -0.4 is 5.32 Å². The SMILES string of the molecule is CC(C)c1ccc2occ(CC(=O)NCc3ccccc3)c2c1. The zero-order valence-corrected chi connectivity index (χ0v) is 13.5. The molecule has 23 heavy (non-hydrogen) atoms. The Labute approximate surface area is 136 Å². The Morgan fingerprint density at radius 2 is 1.91 bits per heavy atom. The van der Waals surface area contributed by atoms with Crippen molar-refractivity contribution < 1.29 is 9.21 Å². The first-order valence-corrected chi connectivity index (χ1v) is 7.94. The summed E-state index contributed by atoms with van der Waals surface area (Å²) in [5.74, 6) is 0.459. The third-order valence-electron chi connectivity index (χ3n) is 4.03. The molecule has 0 saturated carbocycles. The van der Waals surface area contributed by atoms with Crippen molar-refractivity contribution in [2.45, 2.75) is 32.7 Å². The van der Waals surface area contributed by atoms with Crippen molar-refractivity contribution in [3.63, 3.8) is 0 Å². The molecule has 3 rings (SSSR count). The lowest BCUT2D eigenvalue weighted by Gasteiger charge is -2.06. The summed E-state index contributed by atoms with van der Waals surface area (Å²) >= 11 is 0. The Hall–Kier alpha value is -2.55. The quantitative estimate of drug-likeness (QED) is 0.758. The van der Waals surface area contributed by atoms with E-state index in [1.165, 1.54) is 5.56 Å². The first kappa shape index (κ1) is 15.3. The van der Waals surface area contributed by atoms with Crippen molar-refractivity contribution in [3.8, 4) is 0 Å². The van der Waals surface area contributed by atoms with E-state index in [0.29, 0.717) is 18.9 Å². The van der Waals surface area contributed by atoms with Gasteiger partial charge in [-0.25, -0.2) is 0 Å². The maximum absolute atomic E-state index is 12.2. The summed E-state index contributed by atoms with van der Waals surface area (Å²) in [6.07, 6.45) is 2.03. The van der Waals surface area contributed by atoms with Crippen LogP contribution in [0.4, 0.5) is 0 Å². The number of benzene rings is 2. The van der Waals surface area contributed by atoms with Gasteiger partial charge in [0.05, 0.1) is 12.7 Å². The number of fused-ring (bicyclic) bond motifs is 1. The zero-order valence-electron chi connectivity index (χ0n) is 13.5. The maximum Gasteiger partial charge on any atom is 0.224 e. The fraction of sp³-hybridized carbons (Fsp3) is 0.250. The lowest BCUT2D eigenvalue weighted by atomic mass is 10.00. The number of hydrogen-bond acceptors (Lipinski definition) is 2. The van der Waals surface area contributed by atoms with E-state index in [1.54, 1.807) is 6.26 Å². The number of hydrogen-bond donors (Lipinski definition) is 1. The minimum atomic E-state index is 0.00602. The van der Waals surface area contributed by atoms with Crippen molar-refractivity contribution in [2.75, 3.05) is 0 Å². The van der Waals surface area contributed by atoms with E-state index < -0.39 is 0 Å². The molecule has 2 aromatic carbocycles. The highest BCUT2D eigenvalue weighted by Crippen LogP contribution is 2.26. The van der Waals surface area contributed by atoms with Crippen LogP contribution in [0.3, 0.4) is 0 Å². The maximum atomic E-state index is 12.2. The molecular formula is C20H21NO2. The largest absolute Gasteiger partial charge is 0.464 e. The minimum absolute atomic E-state index is 0.00602. The topological polar surface area (TPSA) is 42.2 Å². The molecule has 0 aliphatic carbocycles. The summed E-state index contributed by atoms with van der Waals surface area (Å²) in [5.41, 5.74) is 4.12. The van der Waals surface area contributed by atoms with Gasteiger partial charge in [-0.05, 0) is 29.2 Å². The highest BCUT2D eigenvalue weighted by atomic mass is 16.3. The average molecular weight is 307 g/mol. The van der Waals surface area contributed by atoms with Crippen molar-refractivity contribution in [2.24, 2.45) is 0 Å². The average Bonchev–Trinajstić information content (AvgIpc) is 2.96. The first-order valence-electron chi connectivity index (χ1n) is 7.94. The Morgan fingerprint density at radius 3 is 2.65 bits per heavy atom. The molecule has 0 saturated heterocycles. The molecule has 0 atom stereocenters. The molecule has 0 spiro atoms. The zero-order chi connectivity index (χ0) is 16.2. The van der Waals surface area contributed by atoms with Crippen molar-refractivity contribution >= 4 is 16.9 Å². The van der Waals surface area contributed by atoms with Crippen LogP contribution in [0.25, 0.3) is 11.0 Å². The molecule has 3 heteroatoms. The molecule has 0 unspecified atom stereocenters. The van der Waals surface area contributed by atoms with Gasteiger partial charge in [-0.2, -0.15) is 0 Å². The molecule has 1 N–H and O–H groups in total. The highest BCUT2D eigenvalue weighted by molar-refractivity contribution is 5.88. The number of carbonyl (C=O) groups is 1. The fourth-order valence-electron chi connectivity index (χ4n) is 2.63. The molecule has 1 aromatic heterocycles. The second-order valence-corrected chi connectivity index (χ2v) is 6.11. The molecule has 3 nitrogen and oxygen atoms in total. The van der Waals surface area contributed by atoms with Crippen LogP contribution in [-0.2, 0) is 17.8 Å². The van der Waals surface area contributed by atoms with Gasteiger partial charge in [-0.15, -0.1) is 0 Å². The van der Waals surface area contributed by atoms with Gasteiger partial charge in [-0.3, -0.25) is 4.79 Å². The Bertz CT molecular complexity index is 803. The van der Waals surface area contributed by atoms with E-state index in [9.17, 15) is 4.79 Å². The van der Waals surface area contributed by atoms with Crippen LogP contribution in [-0.4, -0.2) is 5.91 Å². The molecule has 0 aliphatic heterocycles. The van der Waals surface area contributed by atoms with Gasteiger partial charge in [0.15, 0.2) is 0 Å². The minimum Gasteiger partial charge on any atom is -0.464 e. The van der Waals surface area contributed by atoms with Gasteiger partial charge in [0.1, 0.15) is 5.58 Å². The summed E-state index contributed by atoms with van der Waals surface area (Å²) in [6, 6.07) is 16.1. The highest BCUT2D eigenvalue weighted by Gasteiger charge is 2.12. The molecule has 1 heterocycles. The van der Waals surface area contributed by atoms with Crippen LogP contribution >= 0.6 is 0 Å². The van der Waals surface area contributed by atoms with Crippen LogP contribution in [0.1, 0.15) is 36.5 Å². The van der Waals surface area contributed by atoms with E-state index in [0.717, 1.165) is 22.1 Å². The summed E-state index contributed by atoms with van der Waals surface area (Å²) in [4.78, 5) is 12.2. The third-order valence-corrected chi connectivity index (χ3v) is 4.03. The number of rotatable bonds is 5. The Morgan fingerprint density at radius 1 is 1.13 bits per heavy atom. The molecule has 1 amide bonds. The third kappa shape index (κ3) is 3.62. The van der Waals surface area contributed by atoms with Crippen LogP contribution in [0.15, 0.2) is 59.2 Å². The van der Waals surface area contributed by atoms with Gasteiger partial charge in [0.25, 0.3) is 0 Å². The van der Waals surface area contributed by atoms with E-state index in [1.807, 2.05) is 36.4 Å². The molecule has 0 aliphatic rings. The van der Waals surface area contributed by atoms with Crippen molar-refractivity contribution in [1.82, 2.24) is 5.32 Å². The van der Waals surface area contributed by atoms with E-state index in [2.05, 4.69) is 31.3 Å². The smallest absolute Gasteiger partial charge is 0.224 e. The Kier molecular flexibility index (Phi) is 4.47. The second-order valence-electron chi connectivity index (χ2n) is 6.11. The number of nitrogens with one attached hydrogen (secondary N) is 1. The lowest BCUT2D eigenvalue weighted by molar-refractivity contribution is -0.120. The van der Waals surface area contributed by atoms with E-state index >= 15 is 0 Å². The normalized spacial score (nSPS) is 11.1. The summed E-state index contributed by atoms with van der Waals surface area (Å²) < 4.78 is 5.57. The lowest BCUT2D eigenvalue weighted by Crippen LogP contribution is -2.24.